The minimum Gasteiger partial charge on any atom is -0.493 e. The molecule has 214 valence electrons. The molecule has 2 aromatic rings. The lowest BCUT2D eigenvalue weighted by Gasteiger charge is -2.24. The first kappa shape index (κ1) is 29.1. The molecule has 3 aliphatic heterocycles. The van der Waals surface area contributed by atoms with Crippen molar-refractivity contribution in [3.05, 3.63) is 59.7 Å². The van der Waals surface area contributed by atoms with E-state index in [9.17, 15) is 14.4 Å². The lowest BCUT2D eigenvalue weighted by atomic mass is 10.0. The van der Waals surface area contributed by atoms with Crippen molar-refractivity contribution in [2.45, 2.75) is 45.1 Å². The minimum atomic E-state index is -0.263. The number of carbonyl (C=O) groups is 3. The Kier molecular flexibility index (Phi) is 10.6. The average Bonchev–Trinajstić information content (AvgIpc) is 2.95. The average molecular weight is 549 g/mol. The smallest absolute Gasteiger partial charge is 0.246 e. The fraction of sp³-hybridized carbons (Fsp3) is 0.452. The first-order valence-corrected chi connectivity index (χ1v) is 14.1. The fourth-order valence-corrected chi connectivity index (χ4v) is 5.01. The summed E-state index contributed by atoms with van der Waals surface area (Å²) in [6.45, 7) is 5.13. The Hall–Kier alpha value is -3.85. The number of amides is 3. The minimum absolute atomic E-state index is 0.0433. The zero-order valence-electron chi connectivity index (χ0n) is 23.5. The molecule has 0 unspecified atom stereocenters. The molecule has 5 rings (SSSR count). The molecular weight excluding hydrogens is 508 g/mol. The van der Waals surface area contributed by atoms with Gasteiger partial charge in [0.25, 0.3) is 0 Å². The quantitative estimate of drug-likeness (QED) is 0.561. The second kappa shape index (κ2) is 14.5. The van der Waals surface area contributed by atoms with Crippen molar-refractivity contribution in [2.24, 2.45) is 0 Å². The van der Waals surface area contributed by atoms with Crippen LogP contribution in [0.1, 0.15) is 56.2 Å². The Morgan fingerprint density at radius 3 is 2.42 bits per heavy atom. The van der Waals surface area contributed by atoms with Crippen LogP contribution in [0.3, 0.4) is 0 Å². The van der Waals surface area contributed by atoms with Crippen LogP contribution in [-0.2, 0) is 14.4 Å². The molecule has 2 N–H and O–H groups in total. The van der Waals surface area contributed by atoms with E-state index in [0.29, 0.717) is 62.9 Å². The summed E-state index contributed by atoms with van der Waals surface area (Å²) >= 11 is 0. The van der Waals surface area contributed by atoms with Crippen LogP contribution in [0, 0.1) is 0 Å². The van der Waals surface area contributed by atoms with Gasteiger partial charge in [-0.05, 0) is 73.7 Å². The van der Waals surface area contributed by atoms with Gasteiger partial charge in [-0.2, -0.15) is 0 Å². The SMILES string of the molecule is COc1ccc2cc1Oc1ccc(cc1)C=CC(=O)N1CCCCN(C(C)=O)CCCN[C@H]2CC(=O)NCCC1. The number of hydrogen-bond acceptors (Lipinski definition) is 6. The van der Waals surface area contributed by atoms with Crippen LogP contribution in [0.5, 0.6) is 17.2 Å². The van der Waals surface area contributed by atoms with Gasteiger partial charge in [-0.1, -0.05) is 18.2 Å². The Morgan fingerprint density at radius 1 is 0.925 bits per heavy atom. The highest BCUT2D eigenvalue weighted by Crippen LogP contribution is 2.35. The fourth-order valence-electron chi connectivity index (χ4n) is 5.01. The third-order valence-corrected chi connectivity index (χ3v) is 7.29. The van der Waals surface area contributed by atoms with E-state index in [1.54, 1.807) is 26.2 Å². The van der Waals surface area contributed by atoms with Crippen molar-refractivity contribution in [2.75, 3.05) is 46.4 Å². The molecule has 1 saturated heterocycles. The molecule has 0 saturated carbocycles. The van der Waals surface area contributed by atoms with Crippen molar-refractivity contribution >= 4 is 23.8 Å². The van der Waals surface area contributed by atoms with E-state index in [0.717, 1.165) is 30.4 Å². The molecule has 0 radical (unpaired) electrons. The van der Waals surface area contributed by atoms with Crippen LogP contribution >= 0.6 is 0 Å². The van der Waals surface area contributed by atoms with Crippen LogP contribution in [0.25, 0.3) is 6.08 Å². The maximum Gasteiger partial charge on any atom is 0.246 e. The number of rotatable bonds is 1. The van der Waals surface area contributed by atoms with Crippen molar-refractivity contribution in [1.82, 2.24) is 20.4 Å². The molecule has 1 fully saturated rings. The Labute approximate surface area is 236 Å². The van der Waals surface area contributed by atoms with Gasteiger partial charge in [-0.15, -0.1) is 0 Å². The summed E-state index contributed by atoms with van der Waals surface area (Å²) < 4.78 is 11.8. The highest BCUT2D eigenvalue weighted by atomic mass is 16.5. The molecule has 2 aromatic carbocycles. The summed E-state index contributed by atoms with van der Waals surface area (Å²) in [5, 5.41) is 6.56. The summed E-state index contributed by atoms with van der Waals surface area (Å²) in [5.41, 5.74) is 1.79. The number of ether oxygens (including phenoxy) is 2. The van der Waals surface area contributed by atoms with Gasteiger partial charge >= 0.3 is 0 Å². The first-order valence-electron chi connectivity index (χ1n) is 14.1. The number of hydrogen-bond donors (Lipinski definition) is 2. The molecule has 3 aliphatic rings. The highest BCUT2D eigenvalue weighted by molar-refractivity contribution is 5.91. The number of fused-ring (bicyclic) bond motifs is 3. The number of carbonyl (C=O) groups excluding carboxylic acids is 3. The van der Waals surface area contributed by atoms with Crippen LogP contribution < -0.4 is 20.1 Å². The lowest BCUT2D eigenvalue weighted by molar-refractivity contribution is -0.129. The van der Waals surface area contributed by atoms with E-state index in [1.165, 1.54) is 0 Å². The zero-order chi connectivity index (χ0) is 28.3. The first-order chi connectivity index (χ1) is 19.4. The van der Waals surface area contributed by atoms with E-state index in [1.807, 2.05) is 52.3 Å². The topological polar surface area (TPSA) is 100 Å². The van der Waals surface area contributed by atoms with Crippen molar-refractivity contribution in [1.29, 1.82) is 0 Å². The van der Waals surface area contributed by atoms with E-state index >= 15 is 0 Å². The Balaban J connectivity index is 1.71. The standard InChI is InChI=1S/C31H40N4O5/c1-23(36)34-17-3-4-18-35-20-6-16-33-30(37)22-27(32-15-5-19-34)25-10-13-28(39-2)29(21-25)40-26-11-7-24(8-12-26)9-14-31(35)38/h7-14,21,27,32H,3-6,15-20,22H2,1-2H3,(H,33,37)/t27-/m0/s1. The largest absolute Gasteiger partial charge is 0.493 e. The van der Waals surface area contributed by atoms with Crippen molar-refractivity contribution < 1.29 is 23.9 Å². The highest BCUT2D eigenvalue weighted by Gasteiger charge is 2.20. The Bertz CT molecular complexity index is 1200. The van der Waals surface area contributed by atoms with Crippen molar-refractivity contribution in [3.8, 4) is 17.2 Å². The number of nitrogens with one attached hydrogen (secondary N) is 2. The van der Waals surface area contributed by atoms with E-state index in [4.69, 9.17) is 9.47 Å². The molecule has 0 spiro atoms. The number of benzene rings is 2. The van der Waals surface area contributed by atoms with Gasteiger partial charge in [0.15, 0.2) is 11.5 Å². The van der Waals surface area contributed by atoms with Gasteiger partial charge in [0.1, 0.15) is 5.75 Å². The predicted molar refractivity (Wildman–Crippen MR) is 154 cm³/mol. The van der Waals surface area contributed by atoms with Gasteiger partial charge < -0.3 is 29.9 Å². The summed E-state index contributed by atoms with van der Waals surface area (Å²) in [7, 11) is 1.59. The third-order valence-electron chi connectivity index (χ3n) is 7.29. The summed E-state index contributed by atoms with van der Waals surface area (Å²) in [6, 6.07) is 13.0. The molecule has 3 heterocycles. The molecule has 9 nitrogen and oxygen atoms in total. The van der Waals surface area contributed by atoms with Gasteiger partial charge in [-0.25, -0.2) is 0 Å². The molecule has 3 amide bonds. The van der Waals surface area contributed by atoms with E-state index in [-0.39, 0.29) is 30.2 Å². The zero-order valence-corrected chi connectivity index (χ0v) is 23.5. The maximum absolute atomic E-state index is 13.1. The number of nitrogens with zero attached hydrogens (tertiary/aromatic N) is 2. The van der Waals surface area contributed by atoms with Crippen LogP contribution in [0.4, 0.5) is 0 Å². The second-order valence-corrected chi connectivity index (χ2v) is 10.2. The summed E-state index contributed by atoms with van der Waals surface area (Å²) in [4.78, 5) is 42.1. The molecule has 1 atom stereocenters. The summed E-state index contributed by atoms with van der Waals surface area (Å²) in [6.07, 6.45) is 6.64. The molecule has 40 heavy (non-hydrogen) atoms. The third kappa shape index (κ3) is 8.32. The molecule has 9 heteroatoms. The monoisotopic (exact) mass is 548 g/mol. The normalized spacial score (nSPS) is 19.7. The predicted octanol–water partition coefficient (Wildman–Crippen LogP) is 3.90. The maximum atomic E-state index is 13.1. The molecular formula is C31H40N4O5. The van der Waals surface area contributed by atoms with Crippen LogP contribution in [-0.4, -0.2) is 73.9 Å². The van der Waals surface area contributed by atoms with Gasteiger partial charge in [0.05, 0.1) is 7.11 Å². The van der Waals surface area contributed by atoms with Gasteiger partial charge in [-0.3, -0.25) is 14.4 Å². The lowest BCUT2D eigenvalue weighted by Crippen LogP contribution is -2.35. The molecule has 0 aliphatic carbocycles. The van der Waals surface area contributed by atoms with Gasteiger partial charge in [0, 0.05) is 58.2 Å². The van der Waals surface area contributed by atoms with Crippen molar-refractivity contribution in [3.63, 3.8) is 0 Å². The second-order valence-electron chi connectivity index (χ2n) is 10.2. The molecule has 0 aromatic heterocycles. The van der Waals surface area contributed by atoms with Crippen LogP contribution in [0.2, 0.25) is 0 Å². The van der Waals surface area contributed by atoms with Crippen LogP contribution in [0.15, 0.2) is 48.5 Å². The molecule has 6 bridgehead atoms. The van der Waals surface area contributed by atoms with E-state index < -0.39 is 0 Å². The van der Waals surface area contributed by atoms with E-state index in [2.05, 4.69) is 10.6 Å². The number of methoxy groups -OCH3 is 1. The Morgan fingerprint density at radius 2 is 1.65 bits per heavy atom. The summed E-state index contributed by atoms with van der Waals surface area (Å²) in [5.74, 6) is 1.66. The van der Waals surface area contributed by atoms with Gasteiger partial charge in [0.2, 0.25) is 17.7 Å².